The van der Waals surface area contributed by atoms with Gasteiger partial charge in [0.2, 0.25) is 0 Å². The van der Waals surface area contributed by atoms with Gasteiger partial charge in [-0.25, -0.2) is 0 Å². The van der Waals surface area contributed by atoms with Crippen LogP contribution in [0.5, 0.6) is 0 Å². The molecule has 1 N–H and O–H groups in total. The van der Waals surface area contributed by atoms with Gasteiger partial charge in [0, 0.05) is 25.7 Å². The Kier molecular flexibility index (Phi) is 6.16. The van der Waals surface area contributed by atoms with Gasteiger partial charge in [0.05, 0.1) is 0 Å². The monoisotopic (exact) mass is 244 g/mol. The number of thioether (sulfide) groups is 1. The molecule has 96 valence electrons. The van der Waals surface area contributed by atoms with E-state index >= 15 is 0 Å². The fourth-order valence-electron chi connectivity index (χ4n) is 2.13. The first-order valence-electron chi connectivity index (χ1n) is 6.57. The number of nitrogens with one attached hydrogen (secondary N) is 1. The summed E-state index contributed by atoms with van der Waals surface area (Å²) >= 11 is 2.06. The highest BCUT2D eigenvalue weighted by atomic mass is 32.2. The Morgan fingerprint density at radius 2 is 2.12 bits per heavy atom. The van der Waals surface area contributed by atoms with Crippen LogP contribution in [0.2, 0.25) is 0 Å². The lowest BCUT2D eigenvalue weighted by Gasteiger charge is -2.40. The molecule has 1 saturated heterocycles. The first-order chi connectivity index (χ1) is 7.54. The molecule has 0 aromatic heterocycles. The molecular weight excluding hydrogens is 216 g/mol. The Labute approximate surface area is 106 Å². The molecule has 1 heterocycles. The Hall–Kier alpha value is 0.270. The van der Waals surface area contributed by atoms with Crippen molar-refractivity contribution in [3.05, 3.63) is 0 Å². The molecule has 1 unspecified atom stereocenters. The molecule has 1 rings (SSSR count). The smallest absolute Gasteiger partial charge is 0.0244 e. The largest absolute Gasteiger partial charge is 0.311 e. The van der Waals surface area contributed by atoms with E-state index < -0.39 is 0 Å². The lowest BCUT2D eigenvalue weighted by atomic mass is 9.85. The predicted octanol–water partition coefficient (Wildman–Crippen LogP) is 2.45. The highest BCUT2D eigenvalue weighted by Gasteiger charge is 2.28. The molecule has 1 aliphatic heterocycles. The summed E-state index contributed by atoms with van der Waals surface area (Å²) in [4.78, 5) is 2.63. The van der Waals surface area contributed by atoms with Gasteiger partial charge in [-0.1, -0.05) is 27.7 Å². The van der Waals surface area contributed by atoms with Crippen molar-refractivity contribution >= 4 is 11.8 Å². The van der Waals surface area contributed by atoms with Crippen LogP contribution in [0.15, 0.2) is 0 Å². The van der Waals surface area contributed by atoms with E-state index in [4.69, 9.17) is 0 Å². The first kappa shape index (κ1) is 14.3. The molecular formula is C13H28N2S. The van der Waals surface area contributed by atoms with Crippen LogP contribution in [-0.4, -0.2) is 48.6 Å². The van der Waals surface area contributed by atoms with Crippen LogP contribution in [0.1, 0.15) is 34.1 Å². The van der Waals surface area contributed by atoms with Crippen LogP contribution in [0.4, 0.5) is 0 Å². The van der Waals surface area contributed by atoms with Crippen LogP contribution in [0, 0.1) is 5.41 Å². The summed E-state index contributed by atoms with van der Waals surface area (Å²) in [6.07, 6.45) is 1.34. The van der Waals surface area contributed by atoms with E-state index in [-0.39, 0.29) is 0 Å². The maximum absolute atomic E-state index is 3.64. The van der Waals surface area contributed by atoms with Gasteiger partial charge in [-0.2, -0.15) is 11.8 Å². The van der Waals surface area contributed by atoms with Crippen molar-refractivity contribution in [3.63, 3.8) is 0 Å². The van der Waals surface area contributed by atoms with Crippen LogP contribution in [0.25, 0.3) is 0 Å². The van der Waals surface area contributed by atoms with Crippen LogP contribution < -0.4 is 5.32 Å². The molecule has 0 spiro atoms. The van der Waals surface area contributed by atoms with Crippen molar-refractivity contribution in [3.8, 4) is 0 Å². The minimum Gasteiger partial charge on any atom is -0.311 e. The van der Waals surface area contributed by atoms with Gasteiger partial charge in [-0.05, 0) is 29.9 Å². The normalized spacial score (nSPS) is 23.6. The maximum Gasteiger partial charge on any atom is 0.0244 e. The van der Waals surface area contributed by atoms with E-state index in [0.717, 1.165) is 6.54 Å². The lowest BCUT2D eigenvalue weighted by molar-refractivity contribution is 0.135. The van der Waals surface area contributed by atoms with E-state index in [1.54, 1.807) is 0 Å². The molecule has 16 heavy (non-hydrogen) atoms. The first-order valence-corrected chi connectivity index (χ1v) is 7.73. The summed E-state index contributed by atoms with van der Waals surface area (Å²) in [5.74, 6) is 2.58. The zero-order chi connectivity index (χ0) is 12.0. The zero-order valence-electron chi connectivity index (χ0n) is 11.4. The molecule has 0 bridgehead atoms. The Morgan fingerprint density at radius 1 is 1.38 bits per heavy atom. The Morgan fingerprint density at radius 3 is 2.75 bits per heavy atom. The quantitative estimate of drug-likeness (QED) is 0.748. The second-order valence-corrected chi connectivity index (χ2v) is 7.12. The molecule has 1 atom stereocenters. The molecule has 0 amide bonds. The molecule has 1 fully saturated rings. The van der Waals surface area contributed by atoms with E-state index in [0.29, 0.717) is 11.5 Å². The van der Waals surface area contributed by atoms with Gasteiger partial charge in [0.25, 0.3) is 0 Å². The van der Waals surface area contributed by atoms with Crippen molar-refractivity contribution in [2.75, 3.05) is 37.7 Å². The van der Waals surface area contributed by atoms with Crippen molar-refractivity contribution in [1.82, 2.24) is 10.2 Å². The average Bonchev–Trinajstić information content (AvgIpc) is 2.24. The highest BCUT2D eigenvalue weighted by molar-refractivity contribution is 7.99. The predicted molar refractivity (Wildman–Crippen MR) is 75.3 cm³/mol. The fraction of sp³-hybridized carbons (Fsp3) is 1.00. The fourth-order valence-corrected chi connectivity index (χ4v) is 2.75. The number of hydrogen-bond acceptors (Lipinski definition) is 3. The third-order valence-corrected chi connectivity index (χ3v) is 4.26. The van der Waals surface area contributed by atoms with Crippen molar-refractivity contribution < 1.29 is 0 Å². The molecule has 2 nitrogen and oxygen atoms in total. The van der Waals surface area contributed by atoms with Gasteiger partial charge < -0.3 is 10.2 Å². The van der Waals surface area contributed by atoms with Crippen molar-refractivity contribution in [2.45, 2.75) is 40.2 Å². The number of nitrogens with zero attached hydrogens (tertiary/aromatic N) is 1. The standard InChI is InChI=1S/C13H28N2S/c1-5-16-10-6-8-15-9-7-14-12(11-15)13(2,3)4/h12,14H,5-11H2,1-4H3. The molecule has 1 aliphatic rings. The topological polar surface area (TPSA) is 15.3 Å². The van der Waals surface area contributed by atoms with Crippen LogP contribution in [0.3, 0.4) is 0 Å². The summed E-state index contributed by atoms with van der Waals surface area (Å²) in [7, 11) is 0. The van der Waals surface area contributed by atoms with Gasteiger partial charge in [-0.15, -0.1) is 0 Å². The van der Waals surface area contributed by atoms with E-state index in [9.17, 15) is 0 Å². The number of hydrogen-bond donors (Lipinski definition) is 1. The second kappa shape index (κ2) is 6.87. The van der Waals surface area contributed by atoms with Crippen molar-refractivity contribution in [1.29, 1.82) is 0 Å². The summed E-state index contributed by atoms with van der Waals surface area (Å²) in [5.41, 5.74) is 0.386. The van der Waals surface area contributed by atoms with E-state index in [2.05, 4.69) is 49.7 Å². The van der Waals surface area contributed by atoms with Gasteiger partial charge in [0.1, 0.15) is 0 Å². The number of piperazine rings is 1. The summed E-state index contributed by atoms with van der Waals surface area (Å²) < 4.78 is 0. The molecule has 0 aliphatic carbocycles. The van der Waals surface area contributed by atoms with Crippen LogP contribution in [-0.2, 0) is 0 Å². The summed E-state index contributed by atoms with van der Waals surface area (Å²) in [6, 6.07) is 0.653. The van der Waals surface area contributed by atoms with Crippen molar-refractivity contribution in [2.24, 2.45) is 5.41 Å². The zero-order valence-corrected chi connectivity index (χ0v) is 12.2. The third kappa shape index (κ3) is 5.07. The molecule has 0 radical (unpaired) electrons. The Bertz CT molecular complexity index is 189. The highest BCUT2D eigenvalue weighted by Crippen LogP contribution is 2.21. The Balaban J connectivity index is 2.23. The van der Waals surface area contributed by atoms with Gasteiger partial charge in [0.15, 0.2) is 0 Å². The third-order valence-electron chi connectivity index (χ3n) is 3.27. The lowest BCUT2D eigenvalue weighted by Crippen LogP contribution is -2.55. The number of rotatable bonds is 5. The molecule has 0 aromatic carbocycles. The van der Waals surface area contributed by atoms with Gasteiger partial charge >= 0.3 is 0 Å². The minimum absolute atomic E-state index is 0.386. The SMILES string of the molecule is CCSCCCN1CCNC(C(C)(C)C)C1. The molecule has 3 heteroatoms. The minimum atomic E-state index is 0.386. The second-order valence-electron chi connectivity index (χ2n) is 5.72. The van der Waals surface area contributed by atoms with E-state index in [1.807, 2.05) is 0 Å². The molecule has 0 saturated carbocycles. The van der Waals surface area contributed by atoms with E-state index in [1.165, 1.54) is 37.6 Å². The van der Waals surface area contributed by atoms with Gasteiger partial charge in [-0.3, -0.25) is 0 Å². The molecule has 0 aromatic rings. The average molecular weight is 244 g/mol. The summed E-state index contributed by atoms with van der Waals surface area (Å²) in [5, 5.41) is 3.64. The summed E-state index contributed by atoms with van der Waals surface area (Å²) in [6.45, 7) is 14.1. The van der Waals surface area contributed by atoms with Crippen LogP contribution >= 0.6 is 11.8 Å². The maximum atomic E-state index is 3.64.